The zero-order valence-electron chi connectivity index (χ0n) is 10.2. The fourth-order valence-corrected chi connectivity index (χ4v) is 1.23. The number of esters is 1. The molecule has 0 spiro atoms. The van der Waals surface area contributed by atoms with Gasteiger partial charge in [-0.2, -0.15) is 0 Å². The lowest BCUT2D eigenvalue weighted by atomic mass is 10.3. The number of hydrogen-bond donors (Lipinski definition) is 1. The van der Waals surface area contributed by atoms with Crippen molar-refractivity contribution in [3.8, 4) is 0 Å². The Morgan fingerprint density at radius 3 is 2.53 bits per heavy atom. The maximum atomic E-state index is 10.8. The number of nitrogens with two attached hydrogens (primary N) is 1. The monoisotopic (exact) mass is 239 g/mol. The van der Waals surface area contributed by atoms with E-state index in [2.05, 4.69) is 23.0 Å². The van der Waals surface area contributed by atoms with Crippen LogP contribution in [0.4, 0.5) is 0 Å². The third-order valence-corrected chi connectivity index (χ3v) is 2.85. The Morgan fingerprint density at radius 1 is 1.65 bits per heavy atom. The van der Waals surface area contributed by atoms with Crippen LogP contribution >= 0.6 is 0 Å². The first kappa shape index (κ1) is 13.4. The summed E-state index contributed by atoms with van der Waals surface area (Å²) >= 11 is 0. The Morgan fingerprint density at radius 2 is 2.18 bits per heavy atom. The van der Waals surface area contributed by atoms with Gasteiger partial charge in [-0.1, -0.05) is 6.92 Å². The predicted octanol–water partition coefficient (Wildman–Crippen LogP) is 1.17. The fourth-order valence-electron chi connectivity index (χ4n) is 1.23. The van der Waals surface area contributed by atoms with Crippen molar-refractivity contribution in [2.24, 2.45) is 11.7 Å². The third kappa shape index (κ3) is 3.71. The smallest absolute Gasteiger partial charge is 0.350 e. The van der Waals surface area contributed by atoms with Crippen molar-refractivity contribution in [2.45, 2.75) is 25.8 Å². The second-order valence-corrected chi connectivity index (χ2v) is 4.42. The highest BCUT2D eigenvalue weighted by molar-refractivity contribution is 5.88. The second kappa shape index (κ2) is 5.14. The molecule has 1 aromatic heterocycles. The normalized spacial score (nSPS) is 25.5. The van der Waals surface area contributed by atoms with Gasteiger partial charge < -0.3 is 14.9 Å². The molecule has 2 rings (SSSR count). The molecular weight excluding hydrogens is 222 g/mol. The Hall–Kier alpha value is -1.62. The second-order valence-electron chi connectivity index (χ2n) is 4.42. The van der Waals surface area contributed by atoms with Gasteiger partial charge in [-0.05, 0) is 31.4 Å². The summed E-state index contributed by atoms with van der Waals surface area (Å²) in [6, 6.07) is 2.80. The van der Waals surface area contributed by atoms with Crippen molar-refractivity contribution >= 4 is 5.97 Å². The number of carbonyl (C=O) groups is 1. The van der Waals surface area contributed by atoms with Crippen LogP contribution in [0.3, 0.4) is 0 Å². The van der Waals surface area contributed by atoms with Crippen molar-refractivity contribution < 1.29 is 13.9 Å². The first-order valence-corrected chi connectivity index (χ1v) is 5.33. The third-order valence-electron chi connectivity index (χ3n) is 2.85. The van der Waals surface area contributed by atoms with Gasteiger partial charge in [0, 0.05) is 5.54 Å². The molecule has 0 aliphatic heterocycles. The van der Waals surface area contributed by atoms with Gasteiger partial charge >= 0.3 is 11.6 Å². The fraction of sp³-hybridized carbons (Fsp3) is 0.500. The van der Waals surface area contributed by atoms with E-state index in [1.165, 1.54) is 31.9 Å². The zero-order valence-corrected chi connectivity index (χ0v) is 10.2. The summed E-state index contributed by atoms with van der Waals surface area (Å²) in [4.78, 5) is 21.5. The minimum absolute atomic E-state index is 0.0880. The van der Waals surface area contributed by atoms with Crippen LogP contribution in [0.15, 0.2) is 27.6 Å². The summed E-state index contributed by atoms with van der Waals surface area (Å²) in [5.74, 6) is 0.0943. The number of rotatable bonds is 1. The predicted molar refractivity (Wildman–Crippen MR) is 62.7 cm³/mol. The molecule has 2 atom stereocenters. The zero-order chi connectivity index (χ0) is 13.1. The van der Waals surface area contributed by atoms with Crippen LogP contribution in [0.5, 0.6) is 0 Å². The summed E-state index contributed by atoms with van der Waals surface area (Å²) < 4.78 is 8.74. The maximum Gasteiger partial charge on any atom is 0.350 e. The van der Waals surface area contributed by atoms with Crippen LogP contribution in [-0.2, 0) is 4.74 Å². The lowest BCUT2D eigenvalue weighted by Gasteiger charge is -1.93. The largest absolute Gasteiger partial charge is 0.465 e. The number of hydrogen-bond acceptors (Lipinski definition) is 5. The van der Waals surface area contributed by atoms with Crippen molar-refractivity contribution in [3.05, 3.63) is 34.4 Å². The SMILES string of the molecule is CC1CC1(C)N.COC(=O)c1cccoc1=O. The van der Waals surface area contributed by atoms with Crippen LogP contribution in [0.25, 0.3) is 0 Å². The molecule has 0 aromatic carbocycles. The van der Waals surface area contributed by atoms with Crippen molar-refractivity contribution in [1.29, 1.82) is 0 Å². The van der Waals surface area contributed by atoms with Gasteiger partial charge in [0.15, 0.2) is 0 Å². The van der Waals surface area contributed by atoms with Crippen molar-refractivity contribution in [2.75, 3.05) is 7.11 Å². The summed E-state index contributed by atoms with van der Waals surface area (Å²) in [5.41, 5.74) is 5.05. The standard InChI is InChI=1S/C7H6O4.C5H11N/c1-10-6(8)5-3-2-4-11-7(5)9;1-4-3-5(4,2)6/h2-4H,1H3;4H,3,6H2,1-2H3. The molecule has 5 heteroatoms. The summed E-state index contributed by atoms with van der Waals surface area (Å²) in [6.45, 7) is 4.28. The van der Waals surface area contributed by atoms with E-state index in [9.17, 15) is 9.59 Å². The average Bonchev–Trinajstić information content (AvgIpc) is 2.84. The summed E-state index contributed by atoms with van der Waals surface area (Å²) in [5, 5.41) is 0. The van der Waals surface area contributed by atoms with E-state index < -0.39 is 11.6 Å². The van der Waals surface area contributed by atoms with E-state index in [4.69, 9.17) is 5.73 Å². The lowest BCUT2D eigenvalue weighted by Crippen LogP contribution is -2.18. The minimum atomic E-state index is -0.681. The van der Waals surface area contributed by atoms with Crippen molar-refractivity contribution in [1.82, 2.24) is 0 Å². The van der Waals surface area contributed by atoms with Gasteiger partial charge in [0.2, 0.25) is 0 Å². The molecule has 0 bridgehead atoms. The van der Waals surface area contributed by atoms with Crippen LogP contribution in [0, 0.1) is 5.92 Å². The molecule has 5 nitrogen and oxygen atoms in total. The Bertz CT molecular complexity index is 450. The summed E-state index contributed by atoms with van der Waals surface area (Å²) in [7, 11) is 1.20. The molecule has 0 amide bonds. The quantitative estimate of drug-likeness (QED) is 0.744. The van der Waals surface area contributed by atoms with Gasteiger partial charge in [-0.25, -0.2) is 9.59 Å². The molecule has 1 aliphatic rings. The Labute approximate surface area is 99.6 Å². The van der Waals surface area contributed by atoms with Crippen LogP contribution in [0.1, 0.15) is 30.6 Å². The highest BCUT2D eigenvalue weighted by Crippen LogP contribution is 2.39. The molecule has 2 N–H and O–H groups in total. The first-order valence-electron chi connectivity index (χ1n) is 5.33. The van der Waals surface area contributed by atoms with Crippen LogP contribution in [0.2, 0.25) is 0 Å². The minimum Gasteiger partial charge on any atom is -0.465 e. The maximum absolute atomic E-state index is 10.8. The van der Waals surface area contributed by atoms with Crippen LogP contribution < -0.4 is 11.4 Å². The molecule has 1 fully saturated rings. The molecule has 0 saturated heterocycles. The van der Waals surface area contributed by atoms with Gasteiger partial charge in [0.25, 0.3) is 0 Å². The lowest BCUT2D eigenvalue weighted by molar-refractivity contribution is 0.0595. The van der Waals surface area contributed by atoms with E-state index in [0.717, 1.165) is 5.92 Å². The molecular formula is C12H17NO4. The summed E-state index contributed by atoms with van der Waals surface area (Å²) in [6.07, 6.45) is 2.42. The van der Waals surface area contributed by atoms with E-state index in [1.54, 1.807) is 0 Å². The molecule has 2 unspecified atom stereocenters. The molecule has 0 radical (unpaired) electrons. The first-order chi connectivity index (χ1) is 7.88. The molecule has 1 saturated carbocycles. The molecule has 17 heavy (non-hydrogen) atoms. The van der Waals surface area contributed by atoms with Gasteiger partial charge in [0.1, 0.15) is 5.56 Å². The molecule has 1 heterocycles. The number of carbonyl (C=O) groups excluding carboxylic acids is 1. The highest BCUT2D eigenvalue weighted by atomic mass is 16.5. The van der Waals surface area contributed by atoms with Gasteiger partial charge in [0.05, 0.1) is 13.4 Å². The Balaban J connectivity index is 0.000000202. The van der Waals surface area contributed by atoms with Gasteiger partial charge in [-0.3, -0.25) is 0 Å². The number of methoxy groups -OCH3 is 1. The average molecular weight is 239 g/mol. The number of ether oxygens (including phenoxy) is 1. The van der Waals surface area contributed by atoms with E-state index >= 15 is 0 Å². The van der Waals surface area contributed by atoms with E-state index in [0.29, 0.717) is 0 Å². The molecule has 1 aromatic rings. The molecule has 94 valence electrons. The van der Waals surface area contributed by atoms with E-state index in [-0.39, 0.29) is 11.1 Å². The highest BCUT2D eigenvalue weighted by Gasteiger charge is 2.42. The van der Waals surface area contributed by atoms with Crippen LogP contribution in [-0.4, -0.2) is 18.6 Å². The topological polar surface area (TPSA) is 82.5 Å². The van der Waals surface area contributed by atoms with Gasteiger partial charge in [-0.15, -0.1) is 0 Å². The molecule has 1 aliphatic carbocycles. The van der Waals surface area contributed by atoms with Crippen molar-refractivity contribution in [3.63, 3.8) is 0 Å². The van der Waals surface area contributed by atoms with E-state index in [1.807, 2.05) is 0 Å². The Kier molecular flexibility index (Phi) is 4.07.